The van der Waals surface area contributed by atoms with Gasteiger partial charge in [-0.15, -0.1) is 10.2 Å². The molecule has 4 aromatic rings. The van der Waals surface area contributed by atoms with Crippen LogP contribution in [0.15, 0.2) is 72.9 Å². The molecule has 160 valence electrons. The summed E-state index contributed by atoms with van der Waals surface area (Å²) in [5.41, 5.74) is 1.86. The van der Waals surface area contributed by atoms with Gasteiger partial charge < -0.3 is 15.1 Å². The molecule has 1 aliphatic rings. The summed E-state index contributed by atoms with van der Waals surface area (Å²) in [5.74, 6) is 2.28. The van der Waals surface area contributed by atoms with Crippen molar-refractivity contribution in [1.82, 2.24) is 20.1 Å². The van der Waals surface area contributed by atoms with E-state index in [2.05, 4.69) is 31.5 Å². The summed E-state index contributed by atoms with van der Waals surface area (Å²) in [4.78, 5) is 21.3. The summed E-state index contributed by atoms with van der Waals surface area (Å²) in [6.07, 6.45) is 1.76. The van der Waals surface area contributed by atoms with Crippen molar-refractivity contribution in [2.75, 3.05) is 36.4 Å². The lowest BCUT2D eigenvalue weighted by Crippen LogP contribution is -2.49. The molecule has 0 spiro atoms. The van der Waals surface area contributed by atoms with E-state index in [0.717, 1.165) is 46.6 Å². The maximum atomic E-state index is 13.0. The van der Waals surface area contributed by atoms with E-state index in [0.29, 0.717) is 18.9 Å². The van der Waals surface area contributed by atoms with Gasteiger partial charge in [0.15, 0.2) is 11.6 Å². The van der Waals surface area contributed by atoms with Gasteiger partial charge in [-0.3, -0.25) is 4.79 Å². The smallest absolute Gasteiger partial charge is 0.253 e. The zero-order valence-electron chi connectivity index (χ0n) is 17.9. The van der Waals surface area contributed by atoms with E-state index in [9.17, 15) is 4.79 Å². The van der Waals surface area contributed by atoms with Gasteiger partial charge in [-0.1, -0.05) is 30.3 Å². The lowest BCUT2D eigenvalue weighted by molar-refractivity contribution is 0.0746. The van der Waals surface area contributed by atoms with Crippen molar-refractivity contribution < 1.29 is 4.79 Å². The van der Waals surface area contributed by atoms with Gasteiger partial charge in [-0.2, -0.15) is 0 Å². The number of rotatable bonds is 4. The molecular formula is C25H24N6O. The first-order chi connectivity index (χ1) is 15.7. The lowest BCUT2D eigenvalue weighted by atomic mass is 10.1. The number of nitrogens with one attached hydrogen (secondary N) is 1. The van der Waals surface area contributed by atoms with Crippen LogP contribution in [0.1, 0.15) is 15.9 Å². The minimum Gasteiger partial charge on any atom is -0.352 e. The third-order valence-electron chi connectivity index (χ3n) is 5.71. The molecule has 0 bridgehead atoms. The largest absolute Gasteiger partial charge is 0.352 e. The Balaban J connectivity index is 1.20. The minimum absolute atomic E-state index is 0.0756. The molecule has 7 heteroatoms. The number of hydrogen-bond donors (Lipinski definition) is 1. The van der Waals surface area contributed by atoms with Gasteiger partial charge in [0.2, 0.25) is 0 Å². The highest BCUT2D eigenvalue weighted by molar-refractivity contribution is 5.98. The topological polar surface area (TPSA) is 74.2 Å². The average molecular weight is 425 g/mol. The lowest BCUT2D eigenvalue weighted by Gasteiger charge is -2.35. The van der Waals surface area contributed by atoms with Crippen molar-refractivity contribution in [3.05, 3.63) is 84.1 Å². The molecule has 2 aromatic heterocycles. The summed E-state index contributed by atoms with van der Waals surface area (Å²) in [5, 5.41) is 14.1. The second-order valence-electron chi connectivity index (χ2n) is 7.96. The predicted molar refractivity (Wildman–Crippen MR) is 126 cm³/mol. The maximum absolute atomic E-state index is 13.0. The molecule has 0 saturated carbocycles. The van der Waals surface area contributed by atoms with Crippen molar-refractivity contribution in [3.63, 3.8) is 0 Å². The van der Waals surface area contributed by atoms with Crippen LogP contribution < -0.4 is 10.2 Å². The standard InChI is InChI=1S/C25H24N6O/c1-18-10-11-26-23(16-18)27-22-8-9-24(29-28-22)30-12-14-31(15-13-30)25(32)21-7-6-19-4-2-3-5-20(19)17-21/h2-11,16-17H,12-15H2,1H3,(H,26,27,28). The number of piperazine rings is 1. The molecule has 5 rings (SSSR count). The fraction of sp³-hybridized carbons (Fsp3) is 0.200. The van der Waals surface area contributed by atoms with E-state index in [1.165, 1.54) is 0 Å². The van der Waals surface area contributed by atoms with Crippen LogP contribution in [0.2, 0.25) is 0 Å². The van der Waals surface area contributed by atoms with E-state index in [1.807, 2.05) is 72.5 Å². The van der Waals surface area contributed by atoms with Gasteiger partial charge in [0.05, 0.1) is 0 Å². The van der Waals surface area contributed by atoms with Gasteiger partial charge in [-0.25, -0.2) is 4.98 Å². The van der Waals surface area contributed by atoms with Crippen molar-refractivity contribution in [2.24, 2.45) is 0 Å². The number of nitrogens with zero attached hydrogens (tertiary/aromatic N) is 5. The van der Waals surface area contributed by atoms with Gasteiger partial charge in [0.25, 0.3) is 5.91 Å². The van der Waals surface area contributed by atoms with Gasteiger partial charge in [0.1, 0.15) is 5.82 Å². The number of benzene rings is 2. The normalized spacial score (nSPS) is 13.9. The summed E-state index contributed by atoms with van der Waals surface area (Å²) in [7, 11) is 0. The highest BCUT2D eigenvalue weighted by Gasteiger charge is 2.23. The summed E-state index contributed by atoms with van der Waals surface area (Å²) < 4.78 is 0. The first-order valence-electron chi connectivity index (χ1n) is 10.7. The third-order valence-corrected chi connectivity index (χ3v) is 5.71. The van der Waals surface area contributed by atoms with Crippen LogP contribution in [0.3, 0.4) is 0 Å². The number of carbonyl (C=O) groups excluding carboxylic acids is 1. The molecule has 3 heterocycles. The summed E-state index contributed by atoms with van der Waals surface area (Å²) >= 11 is 0. The van der Waals surface area contributed by atoms with Crippen LogP contribution in [0.25, 0.3) is 10.8 Å². The molecule has 0 radical (unpaired) electrons. The molecule has 1 saturated heterocycles. The first kappa shape index (κ1) is 19.9. The van der Waals surface area contributed by atoms with E-state index < -0.39 is 0 Å². The fourth-order valence-electron chi connectivity index (χ4n) is 3.94. The fourth-order valence-corrected chi connectivity index (χ4v) is 3.94. The number of pyridine rings is 1. The monoisotopic (exact) mass is 424 g/mol. The number of hydrogen-bond acceptors (Lipinski definition) is 6. The Morgan fingerprint density at radius 3 is 2.41 bits per heavy atom. The van der Waals surface area contributed by atoms with Gasteiger partial charge in [-0.05, 0) is 59.7 Å². The Bertz CT molecular complexity index is 1250. The number of anilines is 3. The molecule has 32 heavy (non-hydrogen) atoms. The quantitative estimate of drug-likeness (QED) is 0.533. The van der Waals surface area contributed by atoms with Crippen molar-refractivity contribution in [2.45, 2.75) is 6.92 Å². The number of amides is 1. The molecular weight excluding hydrogens is 400 g/mol. The molecule has 1 amide bonds. The second-order valence-corrected chi connectivity index (χ2v) is 7.96. The molecule has 0 atom stereocenters. The Morgan fingerprint density at radius 2 is 1.66 bits per heavy atom. The molecule has 0 unspecified atom stereocenters. The van der Waals surface area contributed by atoms with Crippen LogP contribution in [-0.2, 0) is 0 Å². The second kappa shape index (κ2) is 8.63. The highest BCUT2D eigenvalue weighted by atomic mass is 16.2. The average Bonchev–Trinajstić information content (AvgIpc) is 2.84. The predicted octanol–water partition coefficient (Wildman–Crippen LogP) is 4.04. The minimum atomic E-state index is 0.0756. The molecule has 7 nitrogen and oxygen atoms in total. The van der Waals surface area contributed by atoms with E-state index in [4.69, 9.17) is 0 Å². The van der Waals surface area contributed by atoms with Crippen LogP contribution in [0, 0.1) is 6.92 Å². The van der Waals surface area contributed by atoms with Crippen LogP contribution in [0.4, 0.5) is 17.5 Å². The van der Waals surface area contributed by atoms with E-state index >= 15 is 0 Å². The van der Waals surface area contributed by atoms with Gasteiger partial charge >= 0.3 is 0 Å². The zero-order valence-corrected chi connectivity index (χ0v) is 17.9. The SMILES string of the molecule is Cc1ccnc(Nc2ccc(N3CCN(C(=O)c4ccc5ccccc5c4)CC3)nn2)c1. The Morgan fingerprint density at radius 1 is 0.844 bits per heavy atom. The zero-order chi connectivity index (χ0) is 21.9. The maximum Gasteiger partial charge on any atom is 0.253 e. The van der Waals surface area contributed by atoms with Crippen LogP contribution in [-0.4, -0.2) is 52.2 Å². The molecule has 1 aliphatic heterocycles. The number of aryl methyl sites for hydroxylation is 1. The molecule has 1 fully saturated rings. The Hall–Kier alpha value is -4.00. The molecule has 2 aromatic carbocycles. The van der Waals surface area contributed by atoms with Crippen molar-refractivity contribution in [1.29, 1.82) is 0 Å². The molecule has 1 N–H and O–H groups in total. The number of aromatic nitrogens is 3. The molecule has 0 aliphatic carbocycles. The van der Waals surface area contributed by atoms with Crippen LogP contribution >= 0.6 is 0 Å². The Labute approximate surface area is 186 Å². The third kappa shape index (κ3) is 4.23. The summed E-state index contributed by atoms with van der Waals surface area (Å²) in [6.45, 7) is 4.77. The van der Waals surface area contributed by atoms with Crippen molar-refractivity contribution in [3.8, 4) is 0 Å². The highest BCUT2D eigenvalue weighted by Crippen LogP contribution is 2.20. The number of fused-ring (bicyclic) bond motifs is 1. The first-order valence-corrected chi connectivity index (χ1v) is 10.7. The Kier molecular flexibility index (Phi) is 5.37. The van der Waals surface area contributed by atoms with Crippen LogP contribution in [0.5, 0.6) is 0 Å². The van der Waals surface area contributed by atoms with Gasteiger partial charge in [0, 0.05) is 37.9 Å². The van der Waals surface area contributed by atoms with E-state index in [1.54, 1.807) is 6.20 Å². The summed E-state index contributed by atoms with van der Waals surface area (Å²) in [6, 6.07) is 21.8. The van der Waals surface area contributed by atoms with Crippen molar-refractivity contribution >= 4 is 34.1 Å². The number of carbonyl (C=O) groups is 1. The van der Waals surface area contributed by atoms with E-state index in [-0.39, 0.29) is 5.91 Å².